The van der Waals surface area contributed by atoms with Gasteiger partial charge in [-0.25, -0.2) is 0 Å². The SMILES string of the molecule is CC(C)(C)NCC1CCN(C2CCOC2)C1. The molecule has 2 aliphatic heterocycles. The molecule has 2 rings (SSSR count). The fraction of sp³-hybridized carbons (Fsp3) is 1.00. The van der Waals surface area contributed by atoms with E-state index in [9.17, 15) is 0 Å². The Labute approximate surface area is 99.5 Å². The molecule has 3 heteroatoms. The number of hydrogen-bond donors (Lipinski definition) is 1. The van der Waals surface area contributed by atoms with Crippen LogP contribution in [0.5, 0.6) is 0 Å². The molecule has 0 amide bonds. The molecule has 0 aromatic carbocycles. The third kappa shape index (κ3) is 3.44. The molecule has 2 aliphatic rings. The van der Waals surface area contributed by atoms with E-state index in [0.717, 1.165) is 25.7 Å². The summed E-state index contributed by atoms with van der Waals surface area (Å²) in [7, 11) is 0. The van der Waals surface area contributed by atoms with Crippen LogP contribution in [0.1, 0.15) is 33.6 Å². The van der Waals surface area contributed by atoms with Gasteiger partial charge in [0.05, 0.1) is 6.61 Å². The van der Waals surface area contributed by atoms with E-state index in [-0.39, 0.29) is 5.54 Å². The maximum Gasteiger partial charge on any atom is 0.0622 e. The van der Waals surface area contributed by atoms with Crippen LogP contribution in [0.25, 0.3) is 0 Å². The van der Waals surface area contributed by atoms with Crippen molar-refractivity contribution in [3.8, 4) is 0 Å². The fourth-order valence-corrected chi connectivity index (χ4v) is 2.62. The lowest BCUT2D eigenvalue weighted by Crippen LogP contribution is -2.40. The Hall–Kier alpha value is -0.120. The van der Waals surface area contributed by atoms with Crippen LogP contribution in [-0.2, 0) is 4.74 Å². The third-order valence-electron chi connectivity index (χ3n) is 3.66. The normalized spacial score (nSPS) is 32.4. The number of rotatable bonds is 3. The van der Waals surface area contributed by atoms with E-state index in [1.54, 1.807) is 0 Å². The van der Waals surface area contributed by atoms with Crippen molar-refractivity contribution in [1.29, 1.82) is 0 Å². The molecule has 0 aromatic rings. The summed E-state index contributed by atoms with van der Waals surface area (Å²) in [6.45, 7) is 12.3. The lowest BCUT2D eigenvalue weighted by atomic mass is 10.1. The summed E-state index contributed by atoms with van der Waals surface area (Å²) in [5.74, 6) is 0.833. The maximum atomic E-state index is 5.46. The highest BCUT2D eigenvalue weighted by molar-refractivity contribution is 4.85. The van der Waals surface area contributed by atoms with Crippen LogP contribution in [0.2, 0.25) is 0 Å². The van der Waals surface area contributed by atoms with Gasteiger partial charge in [-0.1, -0.05) is 0 Å². The average Bonchev–Trinajstić information content (AvgIpc) is 2.84. The summed E-state index contributed by atoms with van der Waals surface area (Å²) in [6.07, 6.45) is 2.58. The molecule has 16 heavy (non-hydrogen) atoms. The van der Waals surface area contributed by atoms with E-state index in [1.165, 1.54) is 25.9 Å². The molecular formula is C13H26N2O. The van der Waals surface area contributed by atoms with Gasteiger partial charge in [0.1, 0.15) is 0 Å². The first-order chi connectivity index (χ1) is 7.54. The first-order valence-corrected chi connectivity index (χ1v) is 6.61. The Morgan fingerprint density at radius 2 is 2.12 bits per heavy atom. The third-order valence-corrected chi connectivity index (χ3v) is 3.66. The zero-order valence-electron chi connectivity index (χ0n) is 11.0. The number of hydrogen-bond acceptors (Lipinski definition) is 3. The van der Waals surface area contributed by atoms with Crippen molar-refractivity contribution in [2.45, 2.75) is 45.2 Å². The number of ether oxygens (including phenoxy) is 1. The van der Waals surface area contributed by atoms with Crippen molar-refractivity contribution in [3.63, 3.8) is 0 Å². The van der Waals surface area contributed by atoms with E-state index in [4.69, 9.17) is 4.74 Å². The molecule has 0 aliphatic carbocycles. The summed E-state index contributed by atoms with van der Waals surface area (Å²) in [4.78, 5) is 2.63. The van der Waals surface area contributed by atoms with Gasteiger partial charge in [-0.15, -0.1) is 0 Å². The number of nitrogens with one attached hydrogen (secondary N) is 1. The van der Waals surface area contributed by atoms with E-state index in [2.05, 4.69) is 31.0 Å². The Kier molecular flexibility index (Phi) is 3.88. The van der Waals surface area contributed by atoms with Crippen molar-refractivity contribution >= 4 is 0 Å². The molecule has 2 saturated heterocycles. The van der Waals surface area contributed by atoms with Crippen LogP contribution in [0.3, 0.4) is 0 Å². The van der Waals surface area contributed by atoms with Gasteiger partial charge in [-0.05, 0) is 52.6 Å². The number of nitrogens with zero attached hydrogens (tertiary/aromatic N) is 1. The Morgan fingerprint density at radius 3 is 2.75 bits per heavy atom. The topological polar surface area (TPSA) is 24.5 Å². The van der Waals surface area contributed by atoms with Crippen LogP contribution in [0.15, 0.2) is 0 Å². The molecule has 1 N–H and O–H groups in total. The van der Waals surface area contributed by atoms with E-state index >= 15 is 0 Å². The van der Waals surface area contributed by atoms with Crippen LogP contribution in [0.4, 0.5) is 0 Å². The van der Waals surface area contributed by atoms with Gasteiger partial charge >= 0.3 is 0 Å². The summed E-state index contributed by atoms with van der Waals surface area (Å²) >= 11 is 0. The zero-order chi connectivity index (χ0) is 11.6. The molecule has 2 atom stereocenters. The van der Waals surface area contributed by atoms with Crippen molar-refractivity contribution in [3.05, 3.63) is 0 Å². The van der Waals surface area contributed by atoms with Crippen molar-refractivity contribution in [1.82, 2.24) is 10.2 Å². The van der Waals surface area contributed by atoms with Crippen molar-refractivity contribution in [2.24, 2.45) is 5.92 Å². The lowest BCUT2D eigenvalue weighted by Gasteiger charge is -2.25. The van der Waals surface area contributed by atoms with Gasteiger partial charge in [0.2, 0.25) is 0 Å². The smallest absolute Gasteiger partial charge is 0.0622 e. The molecule has 0 bridgehead atoms. The predicted octanol–water partition coefficient (Wildman–Crippen LogP) is 1.49. The highest BCUT2D eigenvalue weighted by Gasteiger charge is 2.30. The van der Waals surface area contributed by atoms with Crippen LogP contribution >= 0.6 is 0 Å². The average molecular weight is 226 g/mol. The monoisotopic (exact) mass is 226 g/mol. The van der Waals surface area contributed by atoms with Crippen molar-refractivity contribution < 1.29 is 4.74 Å². The zero-order valence-corrected chi connectivity index (χ0v) is 11.0. The molecule has 0 radical (unpaired) electrons. The maximum absolute atomic E-state index is 5.46. The van der Waals surface area contributed by atoms with E-state index < -0.39 is 0 Å². The highest BCUT2D eigenvalue weighted by atomic mass is 16.5. The molecule has 0 saturated carbocycles. The molecule has 3 nitrogen and oxygen atoms in total. The fourth-order valence-electron chi connectivity index (χ4n) is 2.62. The molecule has 2 heterocycles. The van der Waals surface area contributed by atoms with Crippen LogP contribution < -0.4 is 5.32 Å². The second-order valence-corrected chi connectivity index (χ2v) is 6.30. The summed E-state index contributed by atoms with van der Waals surface area (Å²) < 4.78 is 5.46. The van der Waals surface area contributed by atoms with Gasteiger partial charge in [-0.2, -0.15) is 0 Å². The minimum atomic E-state index is 0.254. The van der Waals surface area contributed by atoms with Gasteiger partial charge < -0.3 is 10.1 Å². The van der Waals surface area contributed by atoms with Crippen LogP contribution in [0, 0.1) is 5.92 Å². The minimum Gasteiger partial charge on any atom is -0.380 e. The quantitative estimate of drug-likeness (QED) is 0.789. The van der Waals surface area contributed by atoms with E-state index in [0.29, 0.717) is 6.04 Å². The number of likely N-dealkylation sites (tertiary alicyclic amines) is 1. The second kappa shape index (κ2) is 5.03. The second-order valence-electron chi connectivity index (χ2n) is 6.30. The molecule has 0 aromatic heterocycles. The summed E-state index contributed by atoms with van der Waals surface area (Å²) in [5, 5.41) is 3.62. The molecule has 0 spiro atoms. The highest BCUT2D eigenvalue weighted by Crippen LogP contribution is 2.22. The Bertz CT molecular complexity index is 218. The largest absolute Gasteiger partial charge is 0.380 e. The molecule has 2 unspecified atom stereocenters. The Morgan fingerprint density at radius 1 is 1.31 bits per heavy atom. The van der Waals surface area contributed by atoms with Gasteiger partial charge in [0.15, 0.2) is 0 Å². The van der Waals surface area contributed by atoms with Crippen LogP contribution in [-0.4, -0.2) is 49.3 Å². The standard InChI is InChI=1S/C13H26N2O/c1-13(2,3)14-8-11-4-6-15(9-11)12-5-7-16-10-12/h11-12,14H,4-10H2,1-3H3. The predicted molar refractivity (Wildman–Crippen MR) is 66.7 cm³/mol. The Balaban J connectivity index is 1.71. The van der Waals surface area contributed by atoms with Gasteiger partial charge in [-0.3, -0.25) is 4.90 Å². The first-order valence-electron chi connectivity index (χ1n) is 6.61. The van der Waals surface area contributed by atoms with E-state index in [1.807, 2.05) is 0 Å². The molecular weight excluding hydrogens is 200 g/mol. The van der Waals surface area contributed by atoms with Crippen molar-refractivity contribution in [2.75, 3.05) is 32.8 Å². The van der Waals surface area contributed by atoms with Gasteiger partial charge in [0.25, 0.3) is 0 Å². The summed E-state index contributed by atoms with van der Waals surface area (Å²) in [6, 6.07) is 0.708. The molecule has 2 fully saturated rings. The molecule has 94 valence electrons. The minimum absolute atomic E-state index is 0.254. The van der Waals surface area contributed by atoms with Gasteiger partial charge in [0, 0.05) is 24.7 Å². The first kappa shape index (κ1) is 12.3. The summed E-state index contributed by atoms with van der Waals surface area (Å²) in [5.41, 5.74) is 0.254. The lowest BCUT2D eigenvalue weighted by molar-refractivity contribution is 0.156.